The van der Waals surface area contributed by atoms with Crippen molar-refractivity contribution in [3.05, 3.63) is 28.8 Å². The Morgan fingerprint density at radius 1 is 1.67 bits per heavy atom. The van der Waals surface area contributed by atoms with Gasteiger partial charge >= 0.3 is 5.97 Å². The molecule has 1 rings (SSSR count). The second-order valence-corrected chi connectivity index (χ2v) is 3.50. The lowest BCUT2D eigenvalue weighted by molar-refractivity contribution is -0.141. The fraction of sp³-hybridized carbons (Fsp3) is 0.300. The highest BCUT2D eigenvalue weighted by atomic mass is 35.5. The smallest absolute Gasteiger partial charge is 0.307 e. The van der Waals surface area contributed by atoms with E-state index in [4.69, 9.17) is 17.3 Å². The molecule has 0 aliphatic heterocycles. The van der Waals surface area contributed by atoms with E-state index in [0.29, 0.717) is 5.56 Å². The molecule has 1 aromatic rings. The van der Waals surface area contributed by atoms with Crippen molar-refractivity contribution >= 4 is 17.6 Å². The first-order valence-electron chi connectivity index (χ1n) is 4.35. The highest BCUT2D eigenvalue weighted by molar-refractivity contribution is 6.32. The maximum absolute atomic E-state index is 11.0. The molecule has 0 spiro atoms. The highest BCUT2D eigenvalue weighted by Gasteiger charge is 2.13. The van der Waals surface area contributed by atoms with Crippen LogP contribution in [0, 0.1) is 0 Å². The maximum Gasteiger partial charge on any atom is 0.307 e. The highest BCUT2D eigenvalue weighted by Crippen LogP contribution is 2.26. The van der Waals surface area contributed by atoms with Crippen molar-refractivity contribution in [2.75, 3.05) is 7.11 Å². The van der Waals surface area contributed by atoms with Crippen molar-refractivity contribution in [2.45, 2.75) is 12.5 Å². The number of esters is 1. The fourth-order valence-corrected chi connectivity index (χ4v) is 1.26. The first-order valence-corrected chi connectivity index (χ1v) is 4.73. The number of phenols is 1. The van der Waals surface area contributed by atoms with Crippen LogP contribution in [0.2, 0.25) is 5.02 Å². The van der Waals surface area contributed by atoms with Crippen LogP contribution in [0.5, 0.6) is 5.75 Å². The molecule has 4 nitrogen and oxygen atoms in total. The van der Waals surface area contributed by atoms with Crippen LogP contribution in [-0.2, 0) is 9.53 Å². The lowest BCUT2D eigenvalue weighted by atomic mass is 10.0. The Kier molecular flexibility index (Phi) is 3.94. The van der Waals surface area contributed by atoms with Gasteiger partial charge in [-0.1, -0.05) is 17.7 Å². The third kappa shape index (κ3) is 3.11. The molecule has 0 radical (unpaired) electrons. The van der Waals surface area contributed by atoms with Crippen LogP contribution in [0.3, 0.4) is 0 Å². The molecule has 0 bridgehead atoms. The molecule has 0 aliphatic rings. The molecule has 0 saturated carbocycles. The molecule has 3 N–H and O–H groups in total. The van der Waals surface area contributed by atoms with E-state index in [1.165, 1.54) is 19.2 Å². The zero-order valence-electron chi connectivity index (χ0n) is 8.24. The van der Waals surface area contributed by atoms with Crippen LogP contribution >= 0.6 is 11.6 Å². The summed E-state index contributed by atoms with van der Waals surface area (Å²) in [6, 6.07) is 4.13. The average molecular weight is 230 g/mol. The van der Waals surface area contributed by atoms with Gasteiger partial charge in [0, 0.05) is 6.04 Å². The Morgan fingerprint density at radius 2 is 2.33 bits per heavy atom. The number of methoxy groups -OCH3 is 1. The van der Waals surface area contributed by atoms with Crippen LogP contribution in [0.1, 0.15) is 18.0 Å². The maximum atomic E-state index is 11.0. The third-order valence-electron chi connectivity index (χ3n) is 2.01. The largest absolute Gasteiger partial charge is 0.506 e. The minimum atomic E-state index is -0.499. The van der Waals surface area contributed by atoms with Crippen molar-refractivity contribution in [1.82, 2.24) is 0 Å². The summed E-state index contributed by atoms with van der Waals surface area (Å²) < 4.78 is 4.49. The number of ether oxygens (including phenoxy) is 1. The Labute approximate surface area is 92.6 Å². The number of phenolic OH excluding ortho intramolecular Hbond substituents is 1. The summed E-state index contributed by atoms with van der Waals surface area (Å²) in [5.41, 5.74) is 6.38. The summed E-state index contributed by atoms with van der Waals surface area (Å²) in [5, 5.41) is 9.59. The summed E-state index contributed by atoms with van der Waals surface area (Å²) in [6.45, 7) is 0. The molecule has 5 heteroatoms. The van der Waals surface area contributed by atoms with Crippen molar-refractivity contribution in [2.24, 2.45) is 5.73 Å². The molecule has 0 aliphatic carbocycles. The molecule has 0 aromatic heterocycles. The monoisotopic (exact) mass is 229 g/mol. The van der Waals surface area contributed by atoms with Crippen molar-refractivity contribution < 1.29 is 14.6 Å². The second-order valence-electron chi connectivity index (χ2n) is 3.10. The minimum absolute atomic E-state index is 0.0468. The fourth-order valence-electron chi connectivity index (χ4n) is 1.14. The third-order valence-corrected chi connectivity index (χ3v) is 2.33. The number of aromatic hydroxyl groups is 1. The minimum Gasteiger partial charge on any atom is -0.506 e. The van der Waals surface area contributed by atoms with E-state index in [1.54, 1.807) is 6.07 Å². The predicted octanol–water partition coefficient (Wildman–Crippen LogP) is 1.61. The lowest BCUT2D eigenvalue weighted by Crippen LogP contribution is -2.16. The van der Waals surface area contributed by atoms with Gasteiger partial charge in [0.15, 0.2) is 0 Å². The summed E-state index contributed by atoms with van der Waals surface area (Å²) in [7, 11) is 1.30. The van der Waals surface area contributed by atoms with Crippen LogP contribution in [0.4, 0.5) is 0 Å². The van der Waals surface area contributed by atoms with Crippen molar-refractivity contribution in [3.8, 4) is 5.75 Å². The molecule has 1 aromatic carbocycles. The summed E-state index contributed by atoms with van der Waals surface area (Å²) >= 11 is 5.64. The molecule has 1 unspecified atom stereocenters. The van der Waals surface area contributed by atoms with Gasteiger partial charge in [0.2, 0.25) is 0 Å². The van der Waals surface area contributed by atoms with Crippen LogP contribution in [0.25, 0.3) is 0 Å². The topological polar surface area (TPSA) is 72.5 Å². The van der Waals surface area contributed by atoms with Crippen molar-refractivity contribution in [1.29, 1.82) is 0 Å². The van der Waals surface area contributed by atoms with E-state index in [0.717, 1.165) is 0 Å². The number of halogens is 1. The number of carbonyl (C=O) groups excluding carboxylic acids is 1. The molecule has 0 heterocycles. The first-order chi connectivity index (χ1) is 7.04. The van der Waals surface area contributed by atoms with Crippen LogP contribution in [-0.4, -0.2) is 18.2 Å². The Morgan fingerprint density at radius 3 is 2.87 bits per heavy atom. The standard InChI is InChI=1S/C10H12ClNO3/c1-15-10(14)5-8(12)6-2-3-7(11)9(13)4-6/h2-4,8,13H,5,12H2,1H3. The van der Waals surface area contributed by atoms with E-state index < -0.39 is 12.0 Å². The number of rotatable bonds is 3. The van der Waals surface area contributed by atoms with Gasteiger partial charge in [-0.15, -0.1) is 0 Å². The van der Waals surface area contributed by atoms with Gasteiger partial charge in [-0.2, -0.15) is 0 Å². The predicted molar refractivity (Wildman–Crippen MR) is 56.7 cm³/mol. The summed E-state index contributed by atoms with van der Waals surface area (Å²) in [4.78, 5) is 11.0. The van der Waals surface area contributed by atoms with Gasteiger partial charge in [0.1, 0.15) is 5.75 Å². The molecule has 15 heavy (non-hydrogen) atoms. The normalized spacial score (nSPS) is 12.2. The molecular formula is C10H12ClNO3. The van der Waals surface area contributed by atoms with Gasteiger partial charge in [-0.3, -0.25) is 4.79 Å². The van der Waals surface area contributed by atoms with E-state index in [-0.39, 0.29) is 17.2 Å². The molecule has 0 saturated heterocycles. The Hall–Kier alpha value is -1.26. The summed E-state index contributed by atoms with van der Waals surface area (Å²) in [5.74, 6) is -0.438. The number of nitrogens with two attached hydrogens (primary N) is 1. The molecule has 1 atom stereocenters. The zero-order chi connectivity index (χ0) is 11.4. The van der Waals surface area contributed by atoms with Gasteiger partial charge in [0.25, 0.3) is 0 Å². The summed E-state index contributed by atoms with van der Waals surface area (Å²) in [6.07, 6.45) is 0.0670. The van der Waals surface area contributed by atoms with Gasteiger partial charge in [0.05, 0.1) is 18.6 Å². The lowest BCUT2D eigenvalue weighted by Gasteiger charge is -2.11. The first kappa shape index (κ1) is 11.8. The Balaban J connectivity index is 2.78. The average Bonchev–Trinajstić information content (AvgIpc) is 2.21. The quantitative estimate of drug-likeness (QED) is 0.773. The molecular weight excluding hydrogens is 218 g/mol. The zero-order valence-corrected chi connectivity index (χ0v) is 8.99. The SMILES string of the molecule is COC(=O)CC(N)c1ccc(Cl)c(O)c1. The number of hydrogen-bond donors (Lipinski definition) is 2. The number of carbonyl (C=O) groups is 1. The second kappa shape index (κ2) is 5.00. The van der Waals surface area contributed by atoms with E-state index >= 15 is 0 Å². The van der Waals surface area contributed by atoms with E-state index in [2.05, 4.69) is 4.74 Å². The van der Waals surface area contributed by atoms with Gasteiger partial charge in [-0.05, 0) is 17.7 Å². The van der Waals surface area contributed by atoms with E-state index in [1.807, 2.05) is 0 Å². The number of benzene rings is 1. The van der Waals surface area contributed by atoms with Crippen LogP contribution < -0.4 is 5.73 Å². The van der Waals surface area contributed by atoms with Crippen molar-refractivity contribution in [3.63, 3.8) is 0 Å². The molecule has 0 amide bonds. The Bertz CT molecular complexity index is 368. The molecule has 0 fully saturated rings. The van der Waals surface area contributed by atoms with Crippen LogP contribution in [0.15, 0.2) is 18.2 Å². The molecule has 82 valence electrons. The van der Waals surface area contributed by atoms with E-state index in [9.17, 15) is 9.90 Å². The van der Waals surface area contributed by atoms with Gasteiger partial charge < -0.3 is 15.6 Å². The number of hydrogen-bond acceptors (Lipinski definition) is 4. The van der Waals surface area contributed by atoms with Gasteiger partial charge in [-0.25, -0.2) is 0 Å².